The number of fused-ring (bicyclic) bond motifs is 1. The molecule has 4 aromatic rings. The number of hydrogen-bond acceptors (Lipinski definition) is 7. The van der Waals surface area contributed by atoms with Crippen molar-refractivity contribution in [3.63, 3.8) is 0 Å². The Morgan fingerprint density at radius 2 is 1.89 bits per heavy atom. The highest BCUT2D eigenvalue weighted by atomic mass is 35.5. The fraction of sp³-hybridized carbons (Fsp3) is 0.143. The zero-order chi connectivity index (χ0) is 27.0. The summed E-state index contributed by atoms with van der Waals surface area (Å²) in [6.45, 7) is 3.61. The normalized spacial score (nSPS) is 15.2. The third kappa shape index (κ3) is 4.62. The lowest BCUT2D eigenvalue weighted by Crippen LogP contribution is -2.39. The van der Waals surface area contributed by atoms with Crippen LogP contribution in [-0.2, 0) is 9.53 Å². The van der Waals surface area contributed by atoms with Crippen LogP contribution in [-0.4, -0.2) is 28.2 Å². The molecule has 0 radical (unpaired) electrons. The fourth-order valence-electron chi connectivity index (χ4n) is 4.34. The molecule has 192 valence electrons. The van der Waals surface area contributed by atoms with Gasteiger partial charge in [-0.25, -0.2) is 14.6 Å². The predicted octanol–water partition coefficient (Wildman–Crippen LogP) is 4.41. The molecule has 1 unspecified atom stereocenters. The zero-order valence-corrected chi connectivity index (χ0v) is 21.9. The lowest BCUT2D eigenvalue weighted by molar-refractivity contribution is -0.139. The molecule has 8 nitrogen and oxygen atoms in total. The fourth-order valence-corrected chi connectivity index (χ4v) is 5.49. The summed E-state index contributed by atoms with van der Waals surface area (Å²) in [4.78, 5) is 43.2. The first-order valence-electron chi connectivity index (χ1n) is 11.7. The number of carbonyl (C=O) groups excluding carboxylic acids is 1. The molecule has 0 bridgehead atoms. The Morgan fingerprint density at radius 1 is 1.16 bits per heavy atom. The van der Waals surface area contributed by atoms with E-state index in [1.54, 1.807) is 74.5 Å². The van der Waals surface area contributed by atoms with E-state index in [1.807, 2.05) is 0 Å². The number of allylic oxidation sites excluding steroid dienone is 1. The number of aromatic nitrogens is 1. The van der Waals surface area contributed by atoms with Crippen LogP contribution in [0.2, 0.25) is 5.02 Å². The number of aromatic carboxylic acids is 1. The summed E-state index contributed by atoms with van der Waals surface area (Å²) in [5.74, 6) is -0.881. The van der Waals surface area contributed by atoms with E-state index in [-0.39, 0.29) is 23.3 Å². The van der Waals surface area contributed by atoms with Gasteiger partial charge >= 0.3 is 11.9 Å². The lowest BCUT2D eigenvalue weighted by atomic mass is 9.96. The number of ether oxygens (including phenoxy) is 1. The molecule has 38 heavy (non-hydrogen) atoms. The van der Waals surface area contributed by atoms with Crippen LogP contribution in [0.1, 0.15) is 41.6 Å². The van der Waals surface area contributed by atoms with Crippen molar-refractivity contribution in [2.45, 2.75) is 19.9 Å². The van der Waals surface area contributed by atoms with Gasteiger partial charge < -0.3 is 14.3 Å². The first-order chi connectivity index (χ1) is 18.3. The third-order valence-corrected chi connectivity index (χ3v) is 7.26. The summed E-state index contributed by atoms with van der Waals surface area (Å²) in [5.41, 5.74) is 1.61. The Morgan fingerprint density at radius 3 is 2.61 bits per heavy atom. The Hall–Kier alpha value is -4.21. The van der Waals surface area contributed by atoms with Crippen LogP contribution in [0.5, 0.6) is 0 Å². The average molecular weight is 549 g/mol. The van der Waals surface area contributed by atoms with Crippen LogP contribution in [0.15, 0.2) is 86.1 Å². The number of thiazole rings is 1. The van der Waals surface area contributed by atoms with Crippen LogP contribution < -0.4 is 14.9 Å². The highest BCUT2D eigenvalue weighted by Crippen LogP contribution is 2.31. The molecule has 3 heterocycles. The number of esters is 1. The number of carboxylic acids is 1. The van der Waals surface area contributed by atoms with Gasteiger partial charge in [-0.1, -0.05) is 53.3 Å². The number of hydrogen-bond donors (Lipinski definition) is 1. The minimum absolute atomic E-state index is 0.109. The molecule has 1 aliphatic heterocycles. The first kappa shape index (κ1) is 25.4. The number of rotatable bonds is 6. The minimum atomic E-state index is -1.07. The van der Waals surface area contributed by atoms with Gasteiger partial charge in [0.1, 0.15) is 11.5 Å². The van der Waals surface area contributed by atoms with Gasteiger partial charge in [0.25, 0.3) is 5.56 Å². The van der Waals surface area contributed by atoms with E-state index in [0.717, 1.165) is 11.3 Å². The van der Waals surface area contributed by atoms with Crippen LogP contribution in [0.4, 0.5) is 0 Å². The molecule has 0 saturated carbocycles. The van der Waals surface area contributed by atoms with Crippen molar-refractivity contribution in [3.8, 4) is 11.3 Å². The highest BCUT2D eigenvalue weighted by molar-refractivity contribution is 7.07. The van der Waals surface area contributed by atoms with Crippen molar-refractivity contribution in [1.82, 2.24) is 4.57 Å². The summed E-state index contributed by atoms with van der Waals surface area (Å²) >= 11 is 7.25. The van der Waals surface area contributed by atoms with E-state index in [1.165, 1.54) is 10.6 Å². The maximum absolute atomic E-state index is 13.7. The van der Waals surface area contributed by atoms with Crippen LogP contribution in [0.25, 0.3) is 17.4 Å². The maximum Gasteiger partial charge on any atom is 0.338 e. The molecule has 0 amide bonds. The molecule has 5 rings (SSSR count). The van der Waals surface area contributed by atoms with Crippen molar-refractivity contribution in [1.29, 1.82) is 0 Å². The van der Waals surface area contributed by atoms with E-state index < -0.39 is 18.0 Å². The number of furan rings is 1. The summed E-state index contributed by atoms with van der Waals surface area (Å²) in [6, 6.07) is 16.0. The van der Waals surface area contributed by atoms with Crippen molar-refractivity contribution in [3.05, 3.63) is 114 Å². The van der Waals surface area contributed by atoms with Gasteiger partial charge in [-0.15, -0.1) is 0 Å². The molecule has 0 saturated heterocycles. The van der Waals surface area contributed by atoms with Crippen LogP contribution in [0.3, 0.4) is 0 Å². The van der Waals surface area contributed by atoms with E-state index in [4.69, 9.17) is 20.8 Å². The Balaban J connectivity index is 1.64. The lowest BCUT2D eigenvalue weighted by Gasteiger charge is -2.24. The number of nitrogens with zero attached hydrogens (tertiary/aromatic N) is 2. The van der Waals surface area contributed by atoms with Crippen molar-refractivity contribution < 1.29 is 23.8 Å². The molecule has 0 fully saturated rings. The Labute approximate surface area is 225 Å². The van der Waals surface area contributed by atoms with E-state index in [2.05, 4.69) is 4.99 Å². The third-order valence-electron chi connectivity index (χ3n) is 6.03. The van der Waals surface area contributed by atoms with Crippen molar-refractivity contribution in [2.75, 3.05) is 6.61 Å². The molecule has 0 spiro atoms. The average Bonchev–Trinajstić information content (AvgIpc) is 3.48. The number of benzene rings is 2. The van der Waals surface area contributed by atoms with Crippen molar-refractivity contribution >= 4 is 41.0 Å². The Bertz CT molecular complexity index is 1780. The number of carboxylic acid groups (broad SMARTS) is 1. The van der Waals surface area contributed by atoms with Gasteiger partial charge in [0, 0.05) is 16.7 Å². The number of halogens is 1. The molecule has 1 atom stereocenters. The van der Waals surface area contributed by atoms with Gasteiger partial charge in [0.15, 0.2) is 4.80 Å². The molecule has 1 N–H and O–H groups in total. The first-order valence-corrected chi connectivity index (χ1v) is 12.9. The monoisotopic (exact) mass is 548 g/mol. The predicted molar refractivity (Wildman–Crippen MR) is 143 cm³/mol. The molecule has 10 heteroatoms. The quantitative estimate of drug-likeness (QED) is 0.357. The largest absolute Gasteiger partial charge is 0.478 e. The second-order valence-electron chi connectivity index (χ2n) is 8.41. The van der Waals surface area contributed by atoms with E-state index in [0.29, 0.717) is 42.7 Å². The van der Waals surface area contributed by atoms with E-state index in [9.17, 15) is 19.5 Å². The Kier molecular flexibility index (Phi) is 6.88. The van der Waals surface area contributed by atoms with E-state index >= 15 is 0 Å². The van der Waals surface area contributed by atoms with Gasteiger partial charge in [-0.2, -0.15) is 0 Å². The van der Waals surface area contributed by atoms with Gasteiger partial charge in [-0.05, 0) is 49.7 Å². The smallest absolute Gasteiger partial charge is 0.338 e. The second-order valence-corrected chi connectivity index (χ2v) is 9.85. The summed E-state index contributed by atoms with van der Waals surface area (Å²) < 4.78 is 13.0. The van der Waals surface area contributed by atoms with Gasteiger partial charge in [0.05, 0.1) is 34.0 Å². The van der Waals surface area contributed by atoms with Gasteiger partial charge in [-0.3, -0.25) is 9.36 Å². The second kappa shape index (κ2) is 10.3. The van der Waals surface area contributed by atoms with Crippen LogP contribution >= 0.6 is 22.9 Å². The molecule has 1 aliphatic rings. The maximum atomic E-state index is 13.7. The minimum Gasteiger partial charge on any atom is -0.478 e. The summed E-state index contributed by atoms with van der Waals surface area (Å²) in [6.07, 6.45) is 1.58. The highest BCUT2D eigenvalue weighted by Gasteiger charge is 2.33. The number of carbonyl (C=O) groups is 2. The van der Waals surface area contributed by atoms with Crippen LogP contribution in [0, 0.1) is 0 Å². The zero-order valence-electron chi connectivity index (χ0n) is 20.3. The molecular formula is C28H21ClN2O6S. The molecular weight excluding hydrogens is 528 g/mol. The van der Waals surface area contributed by atoms with Crippen molar-refractivity contribution in [2.24, 2.45) is 4.99 Å². The summed E-state index contributed by atoms with van der Waals surface area (Å²) in [5, 5.41) is 10.0. The summed E-state index contributed by atoms with van der Waals surface area (Å²) in [7, 11) is 0. The molecule has 2 aromatic heterocycles. The molecule has 0 aliphatic carbocycles. The van der Waals surface area contributed by atoms with Gasteiger partial charge in [0.2, 0.25) is 0 Å². The SMILES string of the molecule is CCOC(=O)C1=C(C)N=c2s/c(=C\c3ccc(-c4ccccc4C(=O)O)o3)c(=O)n2C1c1ccc(Cl)cc1. The topological polar surface area (TPSA) is 111 Å². The molecule has 2 aromatic carbocycles. The standard InChI is InChI=1S/C28H21ClN2O6S/c1-3-36-27(35)23-15(2)30-28-31(24(23)16-8-10-17(29)11-9-16)25(32)22(38-28)14-18-12-13-21(37-18)19-6-4-5-7-20(19)26(33)34/h4-14,24H,3H2,1-2H3,(H,33,34)/b22-14-.